The summed E-state index contributed by atoms with van der Waals surface area (Å²) in [5.41, 5.74) is 9.74. The normalized spacial score (nSPS) is 13.8. The Kier molecular flexibility index (Phi) is 4.72. The first kappa shape index (κ1) is 19.6. The van der Waals surface area contributed by atoms with Crippen molar-refractivity contribution in [1.29, 1.82) is 0 Å². The van der Waals surface area contributed by atoms with Crippen molar-refractivity contribution in [1.82, 2.24) is 14.6 Å². The van der Waals surface area contributed by atoms with Crippen LogP contribution in [0.3, 0.4) is 0 Å². The first-order valence-corrected chi connectivity index (χ1v) is 10.6. The highest BCUT2D eigenvalue weighted by Crippen LogP contribution is 2.39. The fourth-order valence-electron chi connectivity index (χ4n) is 4.99. The van der Waals surface area contributed by atoms with Gasteiger partial charge in [-0.1, -0.05) is 31.5 Å². The second kappa shape index (κ2) is 6.97. The number of rotatable bonds is 4. The Hall–Kier alpha value is -2.69. The monoisotopic (exact) mass is 390 g/mol. The zero-order chi connectivity index (χ0) is 21.0. The van der Waals surface area contributed by atoms with Gasteiger partial charge in [0, 0.05) is 17.3 Å². The van der Waals surface area contributed by atoms with Crippen LogP contribution in [-0.2, 0) is 11.2 Å². The van der Waals surface area contributed by atoms with Crippen LogP contribution in [0.25, 0.3) is 16.8 Å². The first-order chi connectivity index (χ1) is 13.8. The van der Waals surface area contributed by atoms with E-state index in [1.807, 2.05) is 23.3 Å². The minimum atomic E-state index is 0.156. The van der Waals surface area contributed by atoms with Gasteiger partial charge in [-0.2, -0.15) is 9.61 Å². The van der Waals surface area contributed by atoms with E-state index in [9.17, 15) is 4.79 Å². The fourth-order valence-corrected chi connectivity index (χ4v) is 4.99. The van der Waals surface area contributed by atoms with Gasteiger partial charge in [-0.15, -0.1) is 0 Å². The van der Waals surface area contributed by atoms with E-state index < -0.39 is 0 Å². The van der Waals surface area contributed by atoms with Crippen LogP contribution in [-0.4, -0.2) is 26.5 Å². The highest BCUT2D eigenvalue weighted by molar-refractivity contribution is 6.02. The van der Waals surface area contributed by atoms with Gasteiger partial charge in [0.1, 0.15) is 5.82 Å². The largest absolute Gasteiger partial charge is 0.293 e. The van der Waals surface area contributed by atoms with Crippen molar-refractivity contribution in [2.24, 2.45) is 0 Å². The van der Waals surface area contributed by atoms with Gasteiger partial charge < -0.3 is 0 Å². The van der Waals surface area contributed by atoms with E-state index in [1.165, 1.54) is 22.3 Å². The molecule has 1 aliphatic rings. The minimum absolute atomic E-state index is 0.156. The number of amides is 1. The molecule has 5 heteroatoms. The lowest BCUT2D eigenvalue weighted by atomic mass is 9.94. The van der Waals surface area contributed by atoms with Crippen molar-refractivity contribution < 1.29 is 4.79 Å². The van der Waals surface area contributed by atoms with E-state index in [1.54, 1.807) is 0 Å². The molecule has 0 fully saturated rings. The third-order valence-electron chi connectivity index (χ3n) is 6.28. The Balaban J connectivity index is 2.06. The summed E-state index contributed by atoms with van der Waals surface area (Å²) >= 11 is 0. The van der Waals surface area contributed by atoms with Gasteiger partial charge in [-0.05, 0) is 64.2 Å². The summed E-state index contributed by atoms with van der Waals surface area (Å²) in [6.07, 6.45) is 2.26. The molecule has 2 aromatic heterocycles. The topological polar surface area (TPSA) is 50.5 Å². The van der Waals surface area contributed by atoms with Crippen molar-refractivity contribution in [3.05, 3.63) is 45.8 Å². The molecular weight excluding hydrogens is 360 g/mol. The third kappa shape index (κ3) is 2.86. The van der Waals surface area contributed by atoms with E-state index in [4.69, 9.17) is 10.1 Å². The van der Waals surface area contributed by atoms with Gasteiger partial charge >= 0.3 is 0 Å². The molecule has 29 heavy (non-hydrogen) atoms. The van der Waals surface area contributed by atoms with Crippen LogP contribution in [0, 0.1) is 34.6 Å². The number of anilines is 1. The van der Waals surface area contributed by atoms with E-state index in [-0.39, 0.29) is 11.9 Å². The average molecular weight is 391 g/mol. The van der Waals surface area contributed by atoms with Crippen molar-refractivity contribution in [3.63, 3.8) is 0 Å². The highest BCUT2D eigenvalue weighted by atomic mass is 16.2. The maximum Gasteiger partial charge on any atom is 0.233 e. The summed E-state index contributed by atoms with van der Waals surface area (Å²) in [6, 6.07) is 4.61. The number of carbonyl (C=O) groups excluding carboxylic acids is 1. The summed E-state index contributed by atoms with van der Waals surface area (Å²) in [4.78, 5) is 19.9. The number of carbonyl (C=O) groups is 1. The molecule has 0 bridgehead atoms. The molecule has 0 unspecified atom stereocenters. The zero-order valence-electron chi connectivity index (χ0n) is 18.6. The molecular formula is C24H30N4O. The summed E-state index contributed by atoms with van der Waals surface area (Å²) in [5, 5.41) is 4.90. The minimum Gasteiger partial charge on any atom is -0.293 e. The number of nitrogens with zero attached hydrogens (tertiary/aromatic N) is 4. The molecule has 0 N–H and O–H groups in total. The van der Waals surface area contributed by atoms with Crippen LogP contribution in [0.4, 0.5) is 5.82 Å². The molecule has 0 spiro atoms. The highest BCUT2D eigenvalue weighted by Gasteiger charge is 2.37. The Labute approximate surface area is 172 Å². The van der Waals surface area contributed by atoms with E-state index in [2.05, 4.69) is 46.8 Å². The van der Waals surface area contributed by atoms with Crippen LogP contribution < -0.4 is 4.90 Å². The van der Waals surface area contributed by atoms with E-state index in [0.29, 0.717) is 6.42 Å². The van der Waals surface area contributed by atoms with Gasteiger partial charge in [-0.3, -0.25) is 9.69 Å². The zero-order valence-corrected chi connectivity index (χ0v) is 18.6. The van der Waals surface area contributed by atoms with Crippen molar-refractivity contribution in [2.75, 3.05) is 4.90 Å². The molecule has 1 amide bonds. The molecule has 1 aliphatic heterocycles. The molecule has 0 atom stereocenters. The summed E-state index contributed by atoms with van der Waals surface area (Å²) in [7, 11) is 0. The lowest BCUT2D eigenvalue weighted by Gasteiger charge is -2.27. The van der Waals surface area contributed by atoms with Crippen LogP contribution >= 0.6 is 0 Å². The van der Waals surface area contributed by atoms with Crippen LogP contribution in [0.1, 0.15) is 60.3 Å². The Bertz CT molecular complexity index is 1110. The number of aromatic nitrogens is 3. The van der Waals surface area contributed by atoms with Gasteiger partial charge in [-0.25, -0.2) is 4.98 Å². The third-order valence-corrected chi connectivity index (χ3v) is 6.28. The van der Waals surface area contributed by atoms with Crippen molar-refractivity contribution in [3.8, 4) is 11.1 Å². The lowest BCUT2D eigenvalue weighted by molar-refractivity contribution is -0.117. The molecule has 4 rings (SSSR count). The Morgan fingerprint density at radius 2 is 1.59 bits per heavy atom. The Morgan fingerprint density at radius 3 is 2.17 bits per heavy atom. The molecule has 0 radical (unpaired) electrons. The van der Waals surface area contributed by atoms with Gasteiger partial charge in [0.05, 0.1) is 17.7 Å². The van der Waals surface area contributed by atoms with Gasteiger partial charge in [0.15, 0.2) is 5.65 Å². The molecule has 1 aromatic carbocycles. The molecule has 3 heterocycles. The number of hydrogen-bond acceptors (Lipinski definition) is 3. The molecule has 152 valence electrons. The van der Waals surface area contributed by atoms with Gasteiger partial charge in [0.2, 0.25) is 5.91 Å². The quantitative estimate of drug-likeness (QED) is 0.629. The number of fused-ring (bicyclic) bond motifs is 3. The van der Waals surface area contributed by atoms with Crippen LogP contribution in [0.15, 0.2) is 12.1 Å². The van der Waals surface area contributed by atoms with Crippen LogP contribution in [0.5, 0.6) is 0 Å². The molecule has 0 saturated carbocycles. The maximum atomic E-state index is 13.0. The predicted molar refractivity (Wildman–Crippen MR) is 118 cm³/mol. The van der Waals surface area contributed by atoms with Gasteiger partial charge in [0.25, 0.3) is 0 Å². The standard InChI is InChI=1S/C24H30N4O/c1-8-18(9-2)27-20(29)12-19-16(6)25-23-22(17(7)26-28(23)24(19)27)21-14(4)10-13(3)11-15(21)5/h10-11,18H,8-9,12H2,1-7H3. The van der Waals surface area contributed by atoms with Crippen LogP contribution in [0.2, 0.25) is 0 Å². The first-order valence-electron chi connectivity index (χ1n) is 10.6. The number of aryl methyl sites for hydroxylation is 5. The second-order valence-electron chi connectivity index (χ2n) is 8.38. The smallest absolute Gasteiger partial charge is 0.233 e. The SMILES string of the molecule is CCC(CC)N1C(=O)Cc2c(C)nc3c(-c4c(C)cc(C)cc4C)c(C)nn3c21. The summed E-state index contributed by atoms with van der Waals surface area (Å²) in [6.45, 7) is 14.8. The van der Waals surface area contributed by atoms with Crippen molar-refractivity contribution in [2.45, 2.75) is 73.8 Å². The predicted octanol–water partition coefficient (Wildman–Crippen LogP) is 5.02. The number of hydrogen-bond donors (Lipinski definition) is 0. The molecule has 0 saturated heterocycles. The van der Waals surface area contributed by atoms with E-state index >= 15 is 0 Å². The fraction of sp³-hybridized carbons (Fsp3) is 0.458. The lowest BCUT2D eigenvalue weighted by Crippen LogP contribution is -2.38. The summed E-state index contributed by atoms with van der Waals surface area (Å²) in [5.74, 6) is 1.08. The summed E-state index contributed by atoms with van der Waals surface area (Å²) < 4.78 is 1.93. The molecule has 3 aromatic rings. The Morgan fingerprint density at radius 1 is 0.966 bits per heavy atom. The molecule has 0 aliphatic carbocycles. The molecule has 5 nitrogen and oxygen atoms in total. The maximum absolute atomic E-state index is 13.0. The number of benzene rings is 1. The van der Waals surface area contributed by atoms with Crippen molar-refractivity contribution >= 4 is 17.4 Å². The second-order valence-corrected chi connectivity index (χ2v) is 8.38. The average Bonchev–Trinajstić information content (AvgIpc) is 3.14. The van der Waals surface area contributed by atoms with E-state index in [0.717, 1.165) is 46.8 Å².